The maximum atomic E-state index is 11.5. The fraction of sp³-hybridized carbons (Fsp3) is 0.538. The first-order chi connectivity index (χ1) is 8.58. The van der Waals surface area contributed by atoms with Crippen molar-refractivity contribution in [2.24, 2.45) is 0 Å². The van der Waals surface area contributed by atoms with Crippen LogP contribution in [0.1, 0.15) is 16.5 Å². The molecule has 100 valence electrons. The second kappa shape index (κ2) is 5.93. The van der Waals surface area contributed by atoms with Gasteiger partial charge in [-0.1, -0.05) is 29.8 Å². The third kappa shape index (κ3) is 3.17. The molecule has 1 aliphatic rings. The molecule has 0 spiro atoms. The number of piperazine rings is 1. The van der Waals surface area contributed by atoms with E-state index >= 15 is 0 Å². The first-order valence-corrected chi connectivity index (χ1v) is 7.29. The Balaban J connectivity index is 2.18. The fourth-order valence-electron chi connectivity index (χ4n) is 2.23. The fourth-order valence-corrected chi connectivity index (χ4v) is 3.06. The van der Waals surface area contributed by atoms with Crippen LogP contribution in [0.2, 0.25) is 0 Å². The van der Waals surface area contributed by atoms with Crippen molar-refractivity contribution < 1.29 is 8.76 Å². The minimum absolute atomic E-state index is 0.515. The van der Waals surface area contributed by atoms with Gasteiger partial charge in [-0.2, -0.15) is 0 Å². The molecule has 1 aromatic rings. The van der Waals surface area contributed by atoms with Crippen molar-refractivity contribution in [1.82, 2.24) is 9.80 Å². The molecule has 1 heterocycles. The largest absolute Gasteiger partial charge is 0.771 e. The Hall–Kier alpha value is -0.750. The van der Waals surface area contributed by atoms with Gasteiger partial charge in [0.15, 0.2) is 0 Å². The van der Waals surface area contributed by atoms with Gasteiger partial charge in [0.25, 0.3) is 0 Å². The molecule has 2 atom stereocenters. The van der Waals surface area contributed by atoms with E-state index in [1.807, 2.05) is 36.1 Å². The van der Waals surface area contributed by atoms with E-state index in [-0.39, 0.29) is 0 Å². The Bertz CT molecular complexity index is 414. The monoisotopic (exact) mass is 267 g/mol. The number of nitrogens with zero attached hydrogens (tertiary/aromatic N) is 2. The van der Waals surface area contributed by atoms with Crippen LogP contribution in [0.4, 0.5) is 0 Å². The van der Waals surface area contributed by atoms with Crippen molar-refractivity contribution in [3.63, 3.8) is 0 Å². The quantitative estimate of drug-likeness (QED) is 0.770. The highest BCUT2D eigenvalue weighted by Crippen LogP contribution is 2.24. The highest BCUT2D eigenvalue weighted by atomic mass is 32.2. The summed E-state index contributed by atoms with van der Waals surface area (Å²) in [5.41, 5.74) is 2.01. The van der Waals surface area contributed by atoms with Crippen LogP contribution in [-0.2, 0) is 11.1 Å². The minimum Gasteiger partial charge on any atom is -0.771 e. The molecule has 5 heteroatoms. The van der Waals surface area contributed by atoms with Crippen LogP contribution in [0, 0.1) is 6.92 Å². The van der Waals surface area contributed by atoms with Gasteiger partial charge in [0.1, 0.15) is 0 Å². The summed E-state index contributed by atoms with van der Waals surface area (Å²) in [6, 6.07) is 7.75. The van der Waals surface area contributed by atoms with Crippen molar-refractivity contribution in [3.8, 4) is 0 Å². The van der Waals surface area contributed by atoms with E-state index in [9.17, 15) is 8.76 Å². The smallest absolute Gasteiger partial charge is 0.0983 e. The Morgan fingerprint density at radius 1 is 1.17 bits per heavy atom. The van der Waals surface area contributed by atoms with Crippen LogP contribution in [0.15, 0.2) is 24.3 Å². The minimum atomic E-state index is -2.11. The van der Waals surface area contributed by atoms with E-state index < -0.39 is 16.5 Å². The van der Waals surface area contributed by atoms with Gasteiger partial charge < -0.3 is 9.45 Å². The lowest BCUT2D eigenvalue weighted by Gasteiger charge is -2.38. The third-order valence-electron chi connectivity index (χ3n) is 3.41. The first-order valence-electron chi connectivity index (χ1n) is 6.15. The van der Waals surface area contributed by atoms with Gasteiger partial charge in [-0.3, -0.25) is 9.11 Å². The molecule has 4 nitrogen and oxygen atoms in total. The molecule has 0 aliphatic carbocycles. The van der Waals surface area contributed by atoms with Crippen LogP contribution >= 0.6 is 0 Å². The average molecular weight is 267 g/mol. The van der Waals surface area contributed by atoms with Crippen LogP contribution in [0.5, 0.6) is 0 Å². The summed E-state index contributed by atoms with van der Waals surface area (Å²) in [6.07, 6.45) is 0. The van der Waals surface area contributed by atoms with E-state index in [2.05, 4.69) is 11.9 Å². The normalized spacial score (nSPS) is 21.7. The van der Waals surface area contributed by atoms with Crippen LogP contribution < -0.4 is 0 Å². The number of hydrogen-bond donors (Lipinski definition) is 0. The molecule has 1 aliphatic heterocycles. The molecule has 0 radical (unpaired) electrons. The van der Waals surface area contributed by atoms with E-state index in [1.54, 1.807) is 0 Å². The predicted molar refractivity (Wildman–Crippen MR) is 71.9 cm³/mol. The summed E-state index contributed by atoms with van der Waals surface area (Å²) >= 11 is -2.11. The number of benzene rings is 1. The Morgan fingerprint density at radius 2 is 1.72 bits per heavy atom. The average Bonchev–Trinajstić information content (AvgIpc) is 2.34. The van der Waals surface area contributed by atoms with Crippen LogP contribution in [0.25, 0.3) is 0 Å². The van der Waals surface area contributed by atoms with Gasteiger partial charge in [0.2, 0.25) is 0 Å². The zero-order valence-electron chi connectivity index (χ0n) is 10.8. The van der Waals surface area contributed by atoms with E-state index in [4.69, 9.17) is 0 Å². The zero-order valence-corrected chi connectivity index (χ0v) is 11.7. The highest BCUT2D eigenvalue weighted by Gasteiger charge is 2.24. The van der Waals surface area contributed by atoms with Crippen LogP contribution in [-0.4, -0.2) is 51.8 Å². The lowest BCUT2D eigenvalue weighted by Crippen LogP contribution is -2.46. The first kappa shape index (κ1) is 13.7. The van der Waals surface area contributed by atoms with Gasteiger partial charge >= 0.3 is 0 Å². The molecule has 1 aromatic carbocycles. The lowest BCUT2D eigenvalue weighted by atomic mass is 10.1. The van der Waals surface area contributed by atoms with Crippen molar-refractivity contribution in [3.05, 3.63) is 35.4 Å². The molecule has 0 bridgehead atoms. The summed E-state index contributed by atoms with van der Waals surface area (Å²) in [6.45, 7) is 5.42. The molecular weight excluding hydrogens is 248 g/mol. The summed E-state index contributed by atoms with van der Waals surface area (Å²) in [5.74, 6) is 0. The highest BCUT2D eigenvalue weighted by molar-refractivity contribution is 7.79. The molecule has 18 heavy (non-hydrogen) atoms. The standard InChI is InChI=1S/C13H20N2O2S/c1-11-3-5-12(6-4-11)13(18(16)17)15-9-7-14(2)8-10-15/h3-6,13H,7-10H2,1-2H3,(H,16,17)/p-1. The third-order valence-corrected chi connectivity index (χ3v) is 4.35. The molecule has 0 saturated carbocycles. The number of hydrogen-bond acceptors (Lipinski definition) is 4. The summed E-state index contributed by atoms with van der Waals surface area (Å²) in [5, 5.41) is -0.515. The van der Waals surface area contributed by atoms with Crippen LogP contribution in [0.3, 0.4) is 0 Å². The maximum Gasteiger partial charge on any atom is 0.0983 e. The summed E-state index contributed by atoms with van der Waals surface area (Å²) in [7, 11) is 2.06. The molecule has 2 rings (SSSR count). The molecule has 1 fully saturated rings. The SMILES string of the molecule is Cc1ccc(C(N2CCN(C)CC2)S(=O)[O-])cc1. The Morgan fingerprint density at radius 3 is 2.22 bits per heavy atom. The van der Waals surface area contributed by atoms with E-state index in [0.717, 1.165) is 37.3 Å². The Kier molecular flexibility index (Phi) is 4.50. The summed E-state index contributed by atoms with van der Waals surface area (Å²) in [4.78, 5) is 4.25. The molecule has 1 saturated heterocycles. The number of aryl methyl sites for hydroxylation is 1. The second-order valence-electron chi connectivity index (χ2n) is 4.86. The van der Waals surface area contributed by atoms with Gasteiger partial charge in [-0.25, -0.2) is 0 Å². The van der Waals surface area contributed by atoms with Gasteiger partial charge in [0.05, 0.1) is 5.37 Å². The van der Waals surface area contributed by atoms with Crippen molar-refractivity contribution in [2.45, 2.75) is 12.3 Å². The van der Waals surface area contributed by atoms with E-state index in [0.29, 0.717) is 0 Å². The Labute approximate surface area is 111 Å². The molecule has 0 N–H and O–H groups in total. The second-order valence-corrected chi connectivity index (χ2v) is 5.83. The molecule has 0 aromatic heterocycles. The zero-order chi connectivity index (χ0) is 13.1. The molecular formula is C13H19N2O2S-. The maximum absolute atomic E-state index is 11.5. The van der Waals surface area contributed by atoms with Gasteiger partial charge in [0, 0.05) is 26.2 Å². The topological polar surface area (TPSA) is 46.6 Å². The van der Waals surface area contributed by atoms with Crippen molar-refractivity contribution in [1.29, 1.82) is 0 Å². The molecule has 2 unspecified atom stereocenters. The number of rotatable bonds is 3. The van der Waals surface area contributed by atoms with Gasteiger partial charge in [-0.15, -0.1) is 0 Å². The van der Waals surface area contributed by atoms with Gasteiger partial charge in [-0.05, 0) is 30.6 Å². The molecule has 0 amide bonds. The lowest BCUT2D eigenvalue weighted by molar-refractivity contribution is 0.139. The van der Waals surface area contributed by atoms with E-state index in [1.165, 1.54) is 0 Å². The predicted octanol–water partition coefficient (Wildman–Crippen LogP) is 1.12. The summed E-state index contributed by atoms with van der Waals surface area (Å²) < 4.78 is 23.0. The number of likely N-dealkylation sites (N-methyl/N-ethyl adjacent to an activating group) is 1. The van der Waals surface area contributed by atoms with Crippen molar-refractivity contribution in [2.75, 3.05) is 33.2 Å². The van der Waals surface area contributed by atoms with Crippen molar-refractivity contribution >= 4 is 11.1 Å².